The van der Waals surface area contributed by atoms with Gasteiger partial charge in [0.2, 0.25) is 0 Å². The summed E-state index contributed by atoms with van der Waals surface area (Å²) in [7, 11) is 1.52. The zero-order chi connectivity index (χ0) is 12.1. The molecule has 0 atom stereocenters. The van der Waals surface area contributed by atoms with Crippen LogP contribution in [0.1, 0.15) is 29.8 Å². The second-order valence-electron chi connectivity index (χ2n) is 3.66. The molecule has 1 aromatic carbocycles. The molecule has 0 fully saturated rings. The lowest BCUT2D eigenvalue weighted by molar-refractivity contribution is 0.0644. The Morgan fingerprint density at radius 1 is 1.44 bits per heavy atom. The normalized spacial score (nSPS) is 10.6. The monoisotopic (exact) mass is 242 g/mol. The smallest absolute Gasteiger partial charge is 0.153 e. The molecular formula is C12H15ClO3. The van der Waals surface area contributed by atoms with Crippen LogP contribution in [0, 0.1) is 0 Å². The molecule has 0 aliphatic rings. The summed E-state index contributed by atoms with van der Waals surface area (Å²) in [4.78, 5) is 10.8. The van der Waals surface area contributed by atoms with Crippen LogP contribution in [0.3, 0.4) is 0 Å². The van der Waals surface area contributed by atoms with E-state index in [0.717, 1.165) is 11.8 Å². The summed E-state index contributed by atoms with van der Waals surface area (Å²) in [6.07, 6.45) is 0.840. The number of rotatable bonds is 5. The number of ether oxygens (including phenoxy) is 2. The molecule has 0 saturated carbocycles. The third kappa shape index (κ3) is 3.22. The third-order valence-electron chi connectivity index (χ3n) is 2.06. The Morgan fingerprint density at radius 3 is 2.62 bits per heavy atom. The van der Waals surface area contributed by atoms with E-state index in [2.05, 4.69) is 0 Å². The fourth-order valence-electron chi connectivity index (χ4n) is 1.37. The van der Waals surface area contributed by atoms with E-state index < -0.39 is 0 Å². The molecule has 4 heteroatoms. The van der Waals surface area contributed by atoms with E-state index in [4.69, 9.17) is 21.1 Å². The van der Waals surface area contributed by atoms with Crippen LogP contribution in [0.4, 0.5) is 0 Å². The minimum atomic E-state index is 0.114. The molecule has 0 radical (unpaired) electrons. The molecule has 3 nitrogen and oxygen atoms in total. The molecule has 0 saturated heterocycles. The van der Waals surface area contributed by atoms with Gasteiger partial charge in [-0.25, -0.2) is 0 Å². The summed E-state index contributed by atoms with van der Waals surface area (Å²) in [5, 5.41) is 0.505. The van der Waals surface area contributed by atoms with E-state index in [1.54, 1.807) is 12.1 Å². The Bertz CT molecular complexity index is 375. The average molecular weight is 243 g/mol. The van der Waals surface area contributed by atoms with Crippen LogP contribution in [-0.4, -0.2) is 19.5 Å². The van der Waals surface area contributed by atoms with E-state index in [-0.39, 0.29) is 6.10 Å². The number of carbonyl (C=O) groups is 1. The standard InChI is InChI=1S/C12H15ClO3/c1-8(2)16-7-10-5-11(13)4-9(6-14)12(10)15-3/h4-6,8H,7H2,1-3H3. The predicted octanol–water partition coefficient (Wildman–Crippen LogP) is 3.09. The average Bonchev–Trinajstić information content (AvgIpc) is 2.25. The highest BCUT2D eigenvalue weighted by Gasteiger charge is 2.11. The molecule has 16 heavy (non-hydrogen) atoms. The van der Waals surface area contributed by atoms with Crippen LogP contribution in [0.5, 0.6) is 5.75 Å². The number of halogens is 1. The molecule has 0 N–H and O–H groups in total. The van der Waals surface area contributed by atoms with Crippen molar-refractivity contribution < 1.29 is 14.3 Å². The predicted molar refractivity (Wildman–Crippen MR) is 63.3 cm³/mol. The molecule has 0 aliphatic carbocycles. The Labute approximate surface area is 100 Å². The maximum Gasteiger partial charge on any atom is 0.153 e. The van der Waals surface area contributed by atoms with Crippen molar-refractivity contribution in [2.75, 3.05) is 7.11 Å². The molecule has 1 aromatic rings. The van der Waals surface area contributed by atoms with E-state index >= 15 is 0 Å². The number of hydrogen-bond acceptors (Lipinski definition) is 3. The lowest BCUT2D eigenvalue weighted by Gasteiger charge is -2.13. The fraction of sp³-hybridized carbons (Fsp3) is 0.417. The zero-order valence-corrected chi connectivity index (χ0v) is 10.4. The van der Waals surface area contributed by atoms with Crippen LogP contribution < -0.4 is 4.74 Å². The summed E-state index contributed by atoms with van der Waals surface area (Å²) >= 11 is 5.90. The first-order valence-corrected chi connectivity index (χ1v) is 5.39. The summed E-state index contributed by atoms with van der Waals surface area (Å²) in [5.41, 5.74) is 1.23. The van der Waals surface area contributed by atoms with Gasteiger partial charge in [0.25, 0.3) is 0 Å². The molecule has 0 spiro atoms. The molecule has 0 amide bonds. The fourth-order valence-corrected chi connectivity index (χ4v) is 1.62. The number of aldehydes is 1. The van der Waals surface area contributed by atoms with Crippen molar-refractivity contribution in [1.29, 1.82) is 0 Å². The minimum absolute atomic E-state index is 0.114. The Kier molecular flexibility index (Phi) is 4.77. The Balaban J connectivity index is 3.05. The number of carbonyl (C=O) groups excluding carboxylic acids is 1. The van der Waals surface area contributed by atoms with Gasteiger partial charge in [0.15, 0.2) is 6.29 Å². The molecule has 88 valence electrons. The Hall–Kier alpha value is -1.06. The summed E-state index contributed by atoms with van der Waals surface area (Å²) in [6, 6.07) is 3.32. The highest BCUT2D eigenvalue weighted by molar-refractivity contribution is 6.31. The van der Waals surface area contributed by atoms with Gasteiger partial charge >= 0.3 is 0 Å². The van der Waals surface area contributed by atoms with Crippen LogP contribution in [0.15, 0.2) is 12.1 Å². The number of methoxy groups -OCH3 is 1. The molecule has 0 bridgehead atoms. The topological polar surface area (TPSA) is 35.5 Å². The summed E-state index contributed by atoms with van der Waals surface area (Å²) < 4.78 is 10.7. The molecule has 0 aromatic heterocycles. The molecule has 0 heterocycles. The van der Waals surface area contributed by atoms with Gasteiger partial charge in [-0.3, -0.25) is 4.79 Å². The number of benzene rings is 1. The lowest BCUT2D eigenvalue weighted by atomic mass is 10.1. The van der Waals surface area contributed by atoms with E-state index in [9.17, 15) is 4.79 Å². The van der Waals surface area contributed by atoms with Gasteiger partial charge in [0, 0.05) is 10.6 Å². The van der Waals surface area contributed by atoms with Crippen molar-refractivity contribution in [2.45, 2.75) is 26.6 Å². The first kappa shape index (κ1) is 13.0. The minimum Gasteiger partial charge on any atom is -0.496 e. The SMILES string of the molecule is COc1c(C=O)cc(Cl)cc1COC(C)C. The van der Waals surface area contributed by atoms with Gasteiger partial charge in [0.05, 0.1) is 25.4 Å². The van der Waals surface area contributed by atoms with Crippen molar-refractivity contribution in [3.63, 3.8) is 0 Å². The lowest BCUT2D eigenvalue weighted by Crippen LogP contribution is -2.05. The van der Waals surface area contributed by atoms with Crippen molar-refractivity contribution in [1.82, 2.24) is 0 Å². The van der Waals surface area contributed by atoms with Gasteiger partial charge in [-0.2, -0.15) is 0 Å². The van der Waals surface area contributed by atoms with Gasteiger partial charge in [0.1, 0.15) is 5.75 Å². The van der Waals surface area contributed by atoms with Crippen LogP contribution in [-0.2, 0) is 11.3 Å². The van der Waals surface area contributed by atoms with Crippen molar-refractivity contribution in [3.05, 3.63) is 28.3 Å². The molecule has 0 aliphatic heterocycles. The zero-order valence-electron chi connectivity index (χ0n) is 9.62. The van der Waals surface area contributed by atoms with Crippen LogP contribution in [0.2, 0.25) is 5.02 Å². The highest BCUT2D eigenvalue weighted by Crippen LogP contribution is 2.27. The van der Waals surface area contributed by atoms with E-state index in [1.807, 2.05) is 13.8 Å². The first-order valence-electron chi connectivity index (χ1n) is 5.01. The van der Waals surface area contributed by atoms with Gasteiger partial charge in [-0.05, 0) is 26.0 Å². The summed E-state index contributed by atoms with van der Waals surface area (Å²) in [6.45, 7) is 4.26. The largest absolute Gasteiger partial charge is 0.496 e. The number of hydrogen-bond donors (Lipinski definition) is 0. The molecule has 0 unspecified atom stereocenters. The second-order valence-corrected chi connectivity index (χ2v) is 4.10. The maximum absolute atomic E-state index is 10.8. The Morgan fingerprint density at radius 2 is 2.12 bits per heavy atom. The van der Waals surface area contributed by atoms with Crippen molar-refractivity contribution in [2.24, 2.45) is 0 Å². The van der Waals surface area contributed by atoms with E-state index in [0.29, 0.717) is 22.9 Å². The quantitative estimate of drug-likeness (QED) is 0.745. The van der Waals surface area contributed by atoms with Crippen molar-refractivity contribution >= 4 is 17.9 Å². The van der Waals surface area contributed by atoms with Crippen molar-refractivity contribution in [3.8, 4) is 5.75 Å². The first-order chi connectivity index (χ1) is 7.58. The van der Waals surface area contributed by atoms with Gasteiger partial charge in [-0.15, -0.1) is 0 Å². The second kappa shape index (κ2) is 5.87. The third-order valence-corrected chi connectivity index (χ3v) is 2.28. The molecule has 1 rings (SSSR count). The highest BCUT2D eigenvalue weighted by atomic mass is 35.5. The summed E-state index contributed by atoms with van der Waals surface area (Å²) in [5.74, 6) is 0.528. The van der Waals surface area contributed by atoms with Gasteiger partial charge < -0.3 is 9.47 Å². The molecular weight excluding hydrogens is 228 g/mol. The van der Waals surface area contributed by atoms with Crippen LogP contribution >= 0.6 is 11.6 Å². The van der Waals surface area contributed by atoms with E-state index in [1.165, 1.54) is 7.11 Å². The van der Waals surface area contributed by atoms with Gasteiger partial charge in [-0.1, -0.05) is 11.6 Å². The van der Waals surface area contributed by atoms with Crippen LogP contribution in [0.25, 0.3) is 0 Å². The maximum atomic E-state index is 10.8.